The Hall–Kier alpha value is -1.99. The number of aromatic nitrogens is 1. The summed E-state index contributed by atoms with van der Waals surface area (Å²) in [7, 11) is 1.58. The van der Waals surface area contributed by atoms with Gasteiger partial charge in [0.1, 0.15) is 5.60 Å². The lowest BCUT2D eigenvalue weighted by molar-refractivity contribution is -0.154. The van der Waals surface area contributed by atoms with Crippen molar-refractivity contribution in [2.75, 3.05) is 13.7 Å². The van der Waals surface area contributed by atoms with E-state index < -0.39 is 24.5 Å². The van der Waals surface area contributed by atoms with E-state index in [0.29, 0.717) is 5.56 Å². The minimum atomic E-state index is -4.41. The van der Waals surface area contributed by atoms with Crippen LogP contribution in [-0.2, 0) is 4.74 Å². The Kier molecular flexibility index (Phi) is 5.85. The third-order valence-corrected chi connectivity index (χ3v) is 2.89. The Morgan fingerprint density at radius 1 is 1.30 bits per heavy atom. The zero-order chi connectivity index (χ0) is 17.8. The highest BCUT2D eigenvalue weighted by molar-refractivity contribution is 5.68. The van der Waals surface area contributed by atoms with Crippen LogP contribution < -0.4 is 4.74 Å². The van der Waals surface area contributed by atoms with Gasteiger partial charge in [-0.1, -0.05) is 6.07 Å². The Morgan fingerprint density at radius 2 is 1.91 bits per heavy atom. The minimum absolute atomic E-state index is 0.127. The Bertz CT molecular complexity index is 524. The second kappa shape index (κ2) is 7.06. The highest BCUT2D eigenvalue weighted by atomic mass is 19.4. The van der Waals surface area contributed by atoms with Crippen LogP contribution in [0.2, 0.25) is 0 Å². The second-order valence-electron chi connectivity index (χ2n) is 6.10. The van der Waals surface area contributed by atoms with Crippen molar-refractivity contribution in [1.29, 1.82) is 0 Å². The maximum absolute atomic E-state index is 12.1. The van der Waals surface area contributed by atoms with Crippen LogP contribution in [0, 0.1) is 0 Å². The number of hydrogen-bond acceptors (Lipinski definition) is 4. The summed E-state index contributed by atoms with van der Waals surface area (Å²) in [6.45, 7) is 5.65. The van der Waals surface area contributed by atoms with E-state index in [0.717, 1.165) is 0 Å². The molecule has 0 aliphatic rings. The van der Waals surface area contributed by atoms with Crippen LogP contribution >= 0.6 is 0 Å². The lowest BCUT2D eigenvalue weighted by atomic mass is 10.1. The predicted octanol–water partition coefficient (Wildman–Crippen LogP) is 3.95. The number of carbonyl (C=O) groups excluding carboxylic acids is 1. The van der Waals surface area contributed by atoms with Gasteiger partial charge >= 0.3 is 12.3 Å². The molecule has 0 aromatic carbocycles. The molecule has 0 aliphatic heterocycles. The van der Waals surface area contributed by atoms with Crippen LogP contribution in [0.15, 0.2) is 18.3 Å². The molecule has 0 aliphatic carbocycles. The van der Waals surface area contributed by atoms with Gasteiger partial charge in [-0.3, -0.25) is 0 Å². The average Bonchev–Trinajstić information content (AvgIpc) is 2.41. The van der Waals surface area contributed by atoms with Crippen LogP contribution in [0.25, 0.3) is 0 Å². The van der Waals surface area contributed by atoms with Crippen molar-refractivity contribution >= 4 is 6.09 Å². The molecule has 1 aromatic heterocycles. The zero-order valence-corrected chi connectivity index (χ0v) is 13.8. The summed E-state index contributed by atoms with van der Waals surface area (Å²) in [6.07, 6.45) is -3.54. The monoisotopic (exact) mass is 334 g/mol. The molecule has 8 heteroatoms. The maximum Gasteiger partial charge on any atom is 0.422 e. The van der Waals surface area contributed by atoms with Crippen LogP contribution in [0.4, 0.5) is 18.0 Å². The number of hydrogen-bond donors (Lipinski definition) is 0. The van der Waals surface area contributed by atoms with Gasteiger partial charge in [0.25, 0.3) is 0 Å². The molecular formula is C15H21F3N2O3. The van der Waals surface area contributed by atoms with Crippen molar-refractivity contribution in [2.24, 2.45) is 0 Å². The fourth-order valence-corrected chi connectivity index (χ4v) is 1.60. The number of ether oxygens (including phenoxy) is 2. The molecule has 0 N–H and O–H groups in total. The van der Waals surface area contributed by atoms with Gasteiger partial charge < -0.3 is 14.4 Å². The SMILES string of the molecule is CC(c1ccc(OCC(F)(F)F)nc1)N(C)C(=O)OC(C)(C)C. The van der Waals surface area contributed by atoms with Gasteiger partial charge in [0, 0.05) is 19.3 Å². The van der Waals surface area contributed by atoms with Gasteiger partial charge in [0.15, 0.2) is 6.61 Å². The molecule has 1 rings (SSSR count). The molecule has 1 atom stereocenters. The number of rotatable bonds is 4. The second-order valence-corrected chi connectivity index (χ2v) is 6.10. The van der Waals surface area contributed by atoms with Crippen LogP contribution in [0.5, 0.6) is 5.88 Å². The summed E-state index contributed by atoms with van der Waals surface area (Å²) in [5, 5.41) is 0. The van der Waals surface area contributed by atoms with Crippen molar-refractivity contribution < 1.29 is 27.4 Å². The molecule has 0 bridgehead atoms. The first-order valence-electron chi connectivity index (χ1n) is 7.00. The van der Waals surface area contributed by atoms with E-state index in [1.165, 1.54) is 17.2 Å². The topological polar surface area (TPSA) is 51.7 Å². The van der Waals surface area contributed by atoms with Gasteiger partial charge in [0.2, 0.25) is 5.88 Å². The minimum Gasteiger partial charge on any atom is -0.468 e. The third kappa shape index (κ3) is 6.75. The summed E-state index contributed by atoms with van der Waals surface area (Å²) in [6, 6.07) is 2.54. The van der Waals surface area contributed by atoms with Gasteiger partial charge in [0.05, 0.1) is 6.04 Å². The summed E-state index contributed by atoms with van der Waals surface area (Å²) >= 11 is 0. The van der Waals surface area contributed by atoms with Crippen LogP contribution in [0.3, 0.4) is 0 Å². The smallest absolute Gasteiger partial charge is 0.422 e. The van der Waals surface area contributed by atoms with E-state index in [1.54, 1.807) is 40.8 Å². The average molecular weight is 334 g/mol. The summed E-state index contributed by atoms with van der Waals surface area (Å²) in [5.41, 5.74) is 0.0382. The molecule has 1 heterocycles. The number of alkyl halides is 3. The quantitative estimate of drug-likeness (QED) is 0.836. The van der Waals surface area contributed by atoms with Gasteiger partial charge in [-0.25, -0.2) is 9.78 Å². The molecule has 23 heavy (non-hydrogen) atoms. The molecule has 130 valence electrons. The Morgan fingerprint density at radius 3 is 2.35 bits per heavy atom. The zero-order valence-electron chi connectivity index (χ0n) is 13.8. The van der Waals surface area contributed by atoms with Crippen LogP contribution in [0.1, 0.15) is 39.3 Å². The van der Waals surface area contributed by atoms with E-state index in [-0.39, 0.29) is 11.9 Å². The molecule has 0 saturated heterocycles. The first-order valence-corrected chi connectivity index (χ1v) is 7.00. The molecule has 1 amide bonds. The molecule has 0 spiro atoms. The summed E-state index contributed by atoms with van der Waals surface area (Å²) in [4.78, 5) is 17.2. The lowest BCUT2D eigenvalue weighted by Crippen LogP contribution is -2.35. The predicted molar refractivity (Wildman–Crippen MR) is 78.2 cm³/mol. The standard InChI is InChI=1S/C15H21F3N2O3/c1-10(20(5)13(21)23-14(2,3)4)11-6-7-12(19-8-11)22-9-15(16,17)18/h6-8,10H,9H2,1-5H3. The molecule has 0 saturated carbocycles. The fraction of sp³-hybridized carbons (Fsp3) is 0.600. The first-order chi connectivity index (χ1) is 10.4. The summed E-state index contributed by atoms with van der Waals surface area (Å²) in [5.74, 6) is -0.127. The van der Waals surface area contributed by atoms with Crippen molar-refractivity contribution in [3.05, 3.63) is 23.9 Å². The van der Waals surface area contributed by atoms with Crippen molar-refractivity contribution in [3.63, 3.8) is 0 Å². The molecule has 1 unspecified atom stereocenters. The summed E-state index contributed by atoms with van der Waals surface area (Å²) < 4.78 is 46.0. The number of pyridine rings is 1. The maximum atomic E-state index is 12.1. The normalized spacial score (nSPS) is 13.4. The van der Waals surface area contributed by atoms with E-state index in [9.17, 15) is 18.0 Å². The van der Waals surface area contributed by atoms with E-state index in [2.05, 4.69) is 9.72 Å². The largest absolute Gasteiger partial charge is 0.468 e. The number of amides is 1. The Labute approximate surface area is 133 Å². The first kappa shape index (κ1) is 19.1. The molecular weight excluding hydrogens is 313 g/mol. The molecule has 5 nitrogen and oxygen atoms in total. The van der Waals surface area contributed by atoms with E-state index >= 15 is 0 Å². The Balaban J connectivity index is 2.69. The number of nitrogens with zero attached hydrogens (tertiary/aromatic N) is 2. The van der Waals surface area contributed by atoms with E-state index in [1.807, 2.05) is 0 Å². The fourth-order valence-electron chi connectivity index (χ4n) is 1.60. The van der Waals surface area contributed by atoms with Crippen molar-refractivity contribution in [3.8, 4) is 5.88 Å². The molecule has 1 aromatic rings. The number of halogens is 3. The van der Waals surface area contributed by atoms with Crippen LogP contribution in [-0.4, -0.2) is 41.4 Å². The van der Waals surface area contributed by atoms with E-state index in [4.69, 9.17) is 4.74 Å². The van der Waals surface area contributed by atoms with Gasteiger partial charge in [-0.15, -0.1) is 0 Å². The van der Waals surface area contributed by atoms with Crippen molar-refractivity contribution in [2.45, 2.75) is 45.5 Å². The van der Waals surface area contributed by atoms with Crippen molar-refractivity contribution in [1.82, 2.24) is 9.88 Å². The molecule has 0 radical (unpaired) electrons. The highest BCUT2D eigenvalue weighted by Crippen LogP contribution is 2.23. The van der Waals surface area contributed by atoms with Gasteiger partial charge in [-0.2, -0.15) is 13.2 Å². The highest BCUT2D eigenvalue weighted by Gasteiger charge is 2.29. The lowest BCUT2D eigenvalue weighted by Gasteiger charge is -2.28. The third-order valence-electron chi connectivity index (χ3n) is 2.89. The molecule has 0 fully saturated rings. The number of carbonyl (C=O) groups is 1. The van der Waals surface area contributed by atoms with Gasteiger partial charge in [-0.05, 0) is 33.3 Å².